The molecule has 4 nitrogen and oxygen atoms in total. The van der Waals surface area contributed by atoms with E-state index in [1.165, 1.54) is 11.1 Å². The van der Waals surface area contributed by atoms with Crippen LogP contribution in [0.15, 0.2) is 23.2 Å². The fourth-order valence-corrected chi connectivity index (χ4v) is 3.19. The summed E-state index contributed by atoms with van der Waals surface area (Å²) in [5.74, 6) is 3.89. The summed E-state index contributed by atoms with van der Waals surface area (Å²) in [6.07, 6.45) is 0.855. The zero-order chi connectivity index (χ0) is 14.4. The van der Waals surface area contributed by atoms with E-state index in [0.29, 0.717) is 12.5 Å². The highest BCUT2D eigenvalue weighted by Crippen LogP contribution is 2.20. The zero-order valence-electron chi connectivity index (χ0n) is 12.7. The number of aliphatic imine (C=N–C) groups is 1. The monoisotopic (exact) mass is 421 g/mol. The molecular weight excluding hydrogens is 397 g/mol. The molecule has 118 valence electrons. The summed E-state index contributed by atoms with van der Waals surface area (Å²) in [6, 6.07) is 6.23. The van der Waals surface area contributed by atoms with Crippen molar-refractivity contribution in [2.75, 3.05) is 38.2 Å². The Hall–Kier alpha value is -0.630. The largest absolute Gasteiger partial charge is 0.496 e. The van der Waals surface area contributed by atoms with Gasteiger partial charge in [0.2, 0.25) is 0 Å². The number of thioether (sulfide) groups is 1. The summed E-state index contributed by atoms with van der Waals surface area (Å²) in [5, 5.41) is 0. The molecule has 1 aromatic carbocycles. The van der Waals surface area contributed by atoms with Gasteiger partial charge in [-0.05, 0) is 25.0 Å². The number of methoxy groups -OCH3 is 1. The second-order valence-corrected chi connectivity index (χ2v) is 6.13. The van der Waals surface area contributed by atoms with Crippen molar-refractivity contribution in [3.63, 3.8) is 0 Å². The molecule has 1 aliphatic rings. The highest BCUT2D eigenvalue weighted by molar-refractivity contribution is 14.0. The van der Waals surface area contributed by atoms with E-state index in [9.17, 15) is 0 Å². The number of halogens is 1. The third-order valence-electron chi connectivity index (χ3n) is 3.43. The average molecular weight is 421 g/mol. The molecule has 1 heterocycles. The van der Waals surface area contributed by atoms with E-state index < -0.39 is 0 Å². The van der Waals surface area contributed by atoms with Crippen LogP contribution in [-0.2, 0) is 6.42 Å². The molecule has 0 unspecified atom stereocenters. The normalized spacial score (nSPS) is 15.5. The van der Waals surface area contributed by atoms with Crippen molar-refractivity contribution in [1.82, 2.24) is 4.90 Å². The van der Waals surface area contributed by atoms with E-state index >= 15 is 0 Å². The van der Waals surface area contributed by atoms with Crippen molar-refractivity contribution in [2.45, 2.75) is 13.3 Å². The molecule has 0 bridgehead atoms. The summed E-state index contributed by atoms with van der Waals surface area (Å²) in [6.45, 7) is 4.81. The molecule has 0 aliphatic carbocycles. The second kappa shape index (κ2) is 9.40. The van der Waals surface area contributed by atoms with Gasteiger partial charge in [-0.25, -0.2) is 0 Å². The highest BCUT2D eigenvalue weighted by atomic mass is 127. The molecule has 0 saturated carbocycles. The maximum atomic E-state index is 6.05. The van der Waals surface area contributed by atoms with Crippen molar-refractivity contribution in [2.24, 2.45) is 10.7 Å². The molecule has 2 N–H and O–H groups in total. The van der Waals surface area contributed by atoms with Crippen LogP contribution < -0.4 is 10.5 Å². The van der Waals surface area contributed by atoms with Gasteiger partial charge in [0.15, 0.2) is 5.96 Å². The first-order chi connectivity index (χ1) is 9.70. The maximum absolute atomic E-state index is 6.05. The van der Waals surface area contributed by atoms with Crippen LogP contribution in [0, 0.1) is 6.92 Å². The Kier molecular flexibility index (Phi) is 8.24. The van der Waals surface area contributed by atoms with Gasteiger partial charge in [0.1, 0.15) is 5.75 Å². The number of nitrogens with two attached hydrogens (primary N) is 1. The first-order valence-corrected chi connectivity index (χ1v) is 8.12. The van der Waals surface area contributed by atoms with E-state index in [2.05, 4.69) is 28.9 Å². The molecule has 0 radical (unpaired) electrons. The Bertz CT molecular complexity index is 476. The number of aryl methyl sites for hydroxylation is 1. The lowest BCUT2D eigenvalue weighted by molar-refractivity contribution is 0.409. The Morgan fingerprint density at radius 2 is 2.10 bits per heavy atom. The van der Waals surface area contributed by atoms with Crippen molar-refractivity contribution < 1.29 is 4.74 Å². The molecule has 2 rings (SSSR count). The van der Waals surface area contributed by atoms with Crippen molar-refractivity contribution >= 4 is 41.7 Å². The fourth-order valence-electron chi connectivity index (χ4n) is 2.29. The van der Waals surface area contributed by atoms with Crippen molar-refractivity contribution in [3.05, 3.63) is 29.3 Å². The quantitative estimate of drug-likeness (QED) is 0.461. The van der Waals surface area contributed by atoms with Gasteiger partial charge in [-0.1, -0.05) is 17.7 Å². The molecule has 0 spiro atoms. The molecule has 1 saturated heterocycles. The second-order valence-electron chi connectivity index (χ2n) is 4.90. The van der Waals surface area contributed by atoms with Crippen molar-refractivity contribution in [3.8, 4) is 5.75 Å². The molecule has 0 aromatic heterocycles. The van der Waals surface area contributed by atoms with E-state index in [4.69, 9.17) is 10.5 Å². The first kappa shape index (κ1) is 18.4. The van der Waals surface area contributed by atoms with Crippen LogP contribution in [0.4, 0.5) is 0 Å². The van der Waals surface area contributed by atoms with Crippen LogP contribution in [0.5, 0.6) is 5.75 Å². The van der Waals surface area contributed by atoms with Crippen LogP contribution in [0.25, 0.3) is 0 Å². The van der Waals surface area contributed by atoms with Gasteiger partial charge in [0.25, 0.3) is 0 Å². The first-order valence-electron chi connectivity index (χ1n) is 6.97. The van der Waals surface area contributed by atoms with E-state index in [1.807, 2.05) is 17.8 Å². The Morgan fingerprint density at radius 1 is 1.38 bits per heavy atom. The Labute approximate surface area is 148 Å². The standard InChI is InChI=1S/C15H23N3OS.HI/c1-12-3-4-14(19-2)13(11-12)5-6-17-15(16)18-7-9-20-10-8-18;/h3-4,11H,5-10H2,1-2H3,(H2,16,17);1H. The predicted octanol–water partition coefficient (Wildman–Crippen LogP) is 2.53. The molecule has 21 heavy (non-hydrogen) atoms. The summed E-state index contributed by atoms with van der Waals surface area (Å²) in [5.41, 5.74) is 8.48. The third-order valence-corrected chi connectivity index (χ3v) is 4.37. The summed E-state index contributed by atoms with van der Waals surface area (Å²) >= 11 is 1.97. The number of ether oxygens (including phenoxy) is 1. The van der Waals surface area contributed by atoms with Gasteiger partial charge in [-0.2, -0.15) is 11.8 Å². The summed E-state index contributed by atoms with van der Waals surface area (Å²) in [7, 11) is 1.71. The third kappa shape index (κ3) is 5.58. The number of rotatable bonds is 4. The number of guanidine groups is 1. The van der Waals surface area contributed by atoms with E-state index in [1.54, 1.807) is 7.11 Å². The van der Waals surface area contributed by atoms with E-state index in [-0.39, 0.29) is 24.0 Å². The van der Waals surface area contributed by atoms with Gasteiger partial charge < -0.3 is 15.4 Å². The average Bonchev–Trinajstić information content (AvgIpc) is 2.48. The molecular formula is C15H24IN3OS. The minimum absolute atomic E-state index is 0. The van der Waals surface area contributed by atoms with E-state index in [0.717, 1.165) is 36.8 Å². The van der Waals surface area contributed by atoms with Gasteiger partial charge in [-0.3, -0.25) is 4.99 Å². The molecule has 0 atom stereocenters. The number of hydrogen-bond acceptors (Lipinski definition) is 3. The van der Waals surface area contributed by atoms with Crippen LogP contribution in [0.2, 0.25) is 0 Å². The topological polar surface area (TPSA) is 50.9 Å². The predicted molar refractivity (Wildman–Crippen MR) is 102 cm³/mol. The smallest absolute Gasteiger partial charge is 0.191 e. The lowest BCUT2D eigenvalue weighted by atomic mass is 10.1. The molecule has 1 fully saturated rings. The van der Waals surface area contributed by atoms with Gasteiger partial charge in [0.05, 0.1) is 7.11 Å². The van der Waals surface area contributed by atoms with Gasteiger partial charge in [-0.15, -0.1) is 24.0 Å². The SMILES string of the molecule is COc1ccc(C)cc1CCN=C(N)N1CCSCC1.I. The lowest BCUT2D eigenvalue weighted by Crippen LogP contribution is -2.42. The summed E-state index contributed by atoms with van der Waals surface area (Å²) in [4.78, 5) is 6.67. The van der Waals surface area contributed by atoms with Crippen molar-refractivity contribution in [1.29, 1.82) is 0 Å². The molecule has 1 aliphatic heterocycles. The molecule has 1 aromatic rings. The summed E-state index contributed by atoms with van der Waals surface area (Å²) < 4.78 is 5.38. The zero-order valence-corrected chi connectivity index (χ0v) is 15.8. The fraction of sp³-hybridized carbons (Fsp3) is 0.533. The lowest BCUT2D eigenvalue weighted by Gasteiger charge is -2.27. The number of nitrogens with zero attached hydrogens (tertiary/aromatic N) is 2. The maximum Gasteiger partial charge on any atom is 0.191 e. The Balaban J connectivity index is 0.00000220. The highest BCUT2D eigenvalue weighted by Gasteiger charge is 2.12. The van der Waals surface area contributed by atoms with Crippen LogP contribution >= 0.6 is 35.7 Å². The number of hydrogen-bond donors (Lipinski definition) is 1. The number of benzene rings is 1. The van der Waals surface area contributed by atoms with Crippen LogP contribution in [0.1, 0.15) is 11.1 Å². The Morgan fingerprint density at radius 3 is 2.76 bits per heavy atom. The van der Waals surface area contributed by atoms with Gasteiger partial charge in [0, 0.05) is 31.1 Å². The van der Waals surface area contributed by atoms with Crippen LogP contribution in [-0.4, -0.2) is 49.1 Å². The van der Waals surface area contributed by atoms with Crippen LogP contribution in [0.3, 0.4) is 0 Å². The molecule has 0 amide bonds. The van der Waals surface area contributed by atoms with Gasteiger partial charge >= 0.3 is 0 Å². The molecule has 6 heteroatoms. The minimum atomic E-state index is 0. The minimum Gasteiger partial charge on any atom is -0.496 e.